The first-order valence-corrected chi connectivity index (χ1v) is 6.72. The first kappa shape index (κ1) is 16.2. The molecule has 0 aromatic carbocycles. The Balaban J connectivity index is 2.57. The molecular formula is C13H22N4O3. The van der Waals surface area contributed by atoms with E-state index >= 15 is 0 Å². The van der Waals surface area contributed by atoms with Gasteiger partial charge in [0.25, 0.3) is 0 Å². The summed E-state index contributed by atoms with van der Waals surface area (Å²) in [5.74, 6) is 1.73. The average molecular weight is 282 g/mol. The second-order valence-electron chi connectivity index (χ2n) is 3.92. The van der Waals surface area contributed by atoms with Gasteiger partial charge in [0.05, 0.1) is 13.0 Å². The number of rotatable bonds is 9. The van der Waals surface area contributed by atoms with Crippen LogP contribution < -0.4 is 10.6 Å². The molecule has 0 bridgehead atoms. The lowest BCUT2D eigenvalue weighted by Crippen LogP contribution is -2.13. The monoisotopic (exact) mass is 282 g/mol. The van der Waals surface area contributed by atoms with Crippen LogP contribution in [0.25, 0.3) is 0 Å². The second kappa shape index (κ2) is 9.08. The minimum Gasteiger partial charge on any atom is -0.466 e. The van der Waals surface area contributed by atoms with Crippen molar-refractivity contribution in [2.24, 2.45) is 0 Å². The van der Waals surface area contributed by atoms with Crippen LogP contribution in [0.4, 0.5) is 11.6 Å². The molecular weight excluding hydrogens is 260 g/mol. The second-order valence-corrected chi connectivity index (χ2v) is 3.92. The fraction of sp³-hybridized carbons (Fsp3) is 0.615. The molecule has 0 aliphatic rings. The highest BCUT2D eigenvalue weighted by Gasteiger charge is 2.05. The van der Waals surface area contributed by atoms with E-state index in [1.165, 1.54) is 0 Å². The number of carbonyl (C=O) groups excluding carboxylic acids is 1. The molecule has 2 N–H and O–H groups in total. The Kier molecular flexibility index (Phi) is 7.34. The van der Waals surface area contributed by atoms with Crippen molar-refractivity contribution < 1.29 is 14.3 Å². The summed E-state index contributed by atoms with van der Waals surface area (Å²) >= 11 is 0. The van der Waals surface area contributed by atoms with Crippen molar-refractivity contribution in [2.75, 3.05) is 37.4 Å². The van der Waals surface area contributed by atoms with Crippen molar-refractivity contribution in [1.29, 1.82) is 0 Å². The SMILES string of the molecule is CCOCc1nc(NC)cc(NCCC(=O)OCC)n1. The van der Waals surface area contributed by atoms with E-state index < -0.39 is 0 Å². The predicted molar refractivity (Wildman–Crippen MR) is 76.6 cm³/mol. The molecule has 1 aromatic heterocycles. The smallest absolute Gasteiger partial charge is 0.307 e. The fourth-order valence-corrected chi connectivity index (χ4v) is 1.50. The van der Waals surface area contributed by atoms with Gasteiger partial charge in [-0.2, -0.15) is 0 Å². The summed E-state index contributed by atoms with van der Waals surface area (Å²) in [6, 6.07) is 1.78. The summed E-state index contributed by atoms with van der Waals surface area (Å²) < 4.78 is 10.2. The number of hydrogen-bond acceptors (Lipinski definition) is 7. The van der Waals surface area contributed by atoms with Crippen LogP contribution in [0.2, 0.25) is 0 Å². The van der Waals surface area contributed by atoms with Crippen LogP contribution in [-0.2, 0) is 20.9 Å². The van der Waals surface area contributed by atoms with E-state index in [-0.39, 0.29) is 5.97 Å². The Morgan fingerprint density at radius 2 is 2.00 bits per heavy atom. The van der Waals surface area contributed by atoms with Crippen molar-refractivity contribution in [1.82, 2.24) is 9.97 Å². The van der Waals surface area contributed by atoms with E-state index in [1.807, 2.05) is 6.92 Å². The van der Waals surface area contributed by atoms with Crippen molar-refractivity contribution in [3.63, 3.8) is 0 Å². The zero-order valence-corrected chi connectivity index (χ0v) is 12.2. The molecule has 1 aromatic rings. The third-order valence-corrected chi connectivity index (χ3v) is 2.40. The molecule has 0 unspecified atom stereocenters. The fourth-order valence-electron chi connectivity index (χ4n) is 1.50. The van der Waals surface area contributed by atoms with E-state index in [9.17, 15) is 4.79 Å². The molecule has 0 amide bonds. The number of nitrogens with zero attached hydrogens (tertiary/aromatic N) is 2. The highest BCUT2D eigenvalue weighted by Crippen LogP contribution is 2.11. The number of esters is 1. The largest absolute Gasteiger partial charge is 0.466 e. The highest BCUT2D eigenvalue weighted by atomic mass is 16.5. The summed E-state index contributed by atoms with van der Waals surface area (Å²) in [6.07, 6.45) is 0.299. The average Bonchev–Trinajstić information content (AvgIpc) is 2.45. The van der Waals surface area contributed by atoms with E-state index in [4.69, 9.17) is 9.47 Å². The van der Waals surface area contributed by atoms with E-state index in [0.29, 0.717) is 50.2 Å². The van der Waals surface area contributed by atoms with Crippen LogP contribution in [0.5, 0.6) is 0 Å². The van der Waals surface area contributed by atoms with Crippen LogP contribution in [0.3, 0.4) is 0 Å². The lowest BCUT2D eigenvalue weighted by molar-refractivity contribution is -0.142. The topological polar surface area (TPSA) is 85.4 Å². The summed E-state index contributed by atoms with van der Waals surface area (Å²) in [5.41, 5.74) is 0. The summed E-state index contributed by atoms with van der Waals surface area (Å²) in [4.78, 5) is 19.8. The van der Waals surface area contributed by atoms with Crippen molar-refractivity contribution >= 4 is 17.6 Å². The van der Waals surface area contributed by atoms with Gasteiger partial charge < -0.3 is 20.1 Å². The third-order valence-electron chi connectivity index (χ3n) is 2.40. The Hall–Kier alpha value is -1.89. The summed E-state index contributed by atoms with van der Waals surface area (Å²) in [5, 5.41) is 6.04. The molecule has 0 atom stereocenters. The van der Waals surface area contributed by atoms with Gasteiger partial charge in [0.1, 0.15) is 18.2 Å². The number of anilines is 2. The van der Waals surface area contributed by atoms with Crippen LogP contribution >= 0.6 is 0 Å². The predicted octanol–water partition coefficient (Wildman–Crippen LogP) is 1.42. The summed E-state index contributed by atoms with van der Waals surface area (Å²) in [7, 11) is 1.79. The van der Waals surface area contributed by atoms with Crippen LogP contribution in [0.1, 0.15) is 26.1 Å². The molecule has 0 saturated carbocycles. The zero-order chi connectivity index (χ0) is 14.8. The first-order valence-electron chi connectivity index (χ1n) is 6.72. The minimum atomic E-state index is -0.225. The van der Waals surface area contributed by atoms with Crippen molar-refractivity contribution in [3.05, 3.63) is 11.9 Å². The molecule has 0 saturated heterocycles. The van der Waals surface area contributed by atoms with Gasteiger partial charge in [-0.15, -0.1) is 0 Å². The standard InChI is InChI=1S/C13H22N4O3/c1-4-19-9-12-16-10(14-3)8-11(17-12)15-7-6-13(18)20-5-2/h8H,4-7,9H2,1-3H3,(H2,14,15,16,17). The lowest BCUT2D eigenvalue weighted by atomic mass is 10.4. The molecule has 0 fully saturated rings. The molecule has 1 rings (SSSR count). The van der Waals surface area contributed by atoms with Gasteiger partial charge in [0, 0.05) is 26.3 Å². The number of nitrogens with one attached hydrogen (secondary N) is 2. The van der Waals surface area contributed by atoms with Gasteiger partial charge in [0.2, 0.25) is 0 Å². The van der Waals surface area contributed by atoms with E-state index in [0.717, 1.165) is 0 Å². The van der Waals surface area contributed by atoms with E-state index in [2.05, 4.69) is 20.6 Å². The molecule has 0 radical (unpaired) electrons. The molecule has 1 heterocycles. The van der Waals surface area contributed by atoms with Gasteiger partial charge in [-0.1, -0.05) is 0 Å². The van der Waals surface area contributed by atoms with Crippen molar-refractivity contribution in [3.8, 4) is 0 Å². The van der Waals surface area contributed by atoms with Gasteiger partial charge in [-0.25, -0.2) is 9.97 Å². The summed E-state index contributed by atoms with van der Waals surface area (Å²) in [6.45, 7) is 5.54. The quantitative estimate of drug-likeness (QED) is 0.662. The molecule has 0 spiro atoms. The van der Waals surface area contributed by atoms with E-state index in [1.54, 1.807) is 20.0 Å². The molecule has 112 valence electrons. The van der Waals surface area contributed by atoms with Gasteiger partial charge in [-0.3, -0.25) is 4.79 Å². The maximum absolute atomic E-state index is 11.2. The molecule has 0 aliphatic heterocycles. The minimum absolute atomic E-state index is 0.225. The maximum Gasteiger partial charge on any atom is 0.307 e. The van der Waals surface area contributed by atoms with Gasteiger partial charge in [0.15, 0.2) is 5.82 Å². The Morgan fingerprint density at radius 1 is 1.25 bits per heavy atom. The molecule has 7 heteroatoms. The van der Waals surface area contributed by atoms with Crippen LogP contribution in [-0.4, -0.2) is 42.7 Å². The highest BCUT2D eigenvalue weighted by molar-refractivity contribution is 5.70. The maximum atomic E-state index is 11.2. The normalized spacial score (nSPS) is 10.2. The number of carbonyl (C=O) groups is 1. The zero-order valence-electron chi connectivity index (χ0n) is 12.2. The van der Waals surface area contributed by atoms with Crippen LogP contribution in [0, 0.1) is 0 Å². The Morgan fingerprint density at radius 3 is 2.65 bits per heavy atom. The number of aromatic nitrogens is 2. The Bertz CT molecular complexity index is 426. The molecule has 0 aliphatic carbocycles. The van der Waals surface area contributed by atoms with Gasteiger partial charge in [-0.05, 0) is 13.8 Å². The van der Waals surface area contributed by atoms with Crippen molar-refractivity contribution in [2.45, 2.75) is 26.9 Å². The van der Waals surface area contributed by atoms with Crippen LogP contribution in [0.15, 0.2) is 6.07 Å². The van der Waals surface area contributed by atoms with Gasteiger partial charge >= 0.3 is 5.97 Å². The third kappa shape index (κ3) is 5.83. The molecule has 7 nitrogen and oxygen atoms in total. The molecule has 20 heavy (non-hydrogen) atoms. The Labute approximate surface area is 119 Å². The lowest BCUT2D eigenvalue weighted by Gasteiger charge is -2.09. The number of hydrogen-bond donors (Lipinski definition) is 2. The number of ether oxygens (including phenoxy) is 2. The first-order chi connectivity index (χ1) is 9.69.